The summed E-state index contributed by atoms with van der Waals surface area (Å²) in [5.74, 6) is -0.260. The minimum Gasteiger partial charge on any atom is -0.346 e. The lowest BCUT2D eigenvalue weighted by Crippen LogP contribution is -2.23. The molecule has 0 aliphatic carbocycles. The Morgan fingerprint density at radius 3 is 2.74 bits per heavy atom. The highest BCUT2D eigenvalue weighted by Gasteiger charge is 2.09. The van der Waals surface area contributed by atoms with Crippen molar-refractivity contribution in [3.05, 3.63) is 58.6 Å². The smallest absolute Gasteiger partial charge is 0.129 e. The molecular formula is C15H18ClFN2. The van der Waals surface area contributed by atoms with E-state index in [0.29, 0.717) is 23.2 Å². The van der Waals surface area contributed by atoms with Gasteiger partial charge in [0.15, 0.2) is 0 Å². The van der Waals surface area contributed by atoms with Gasteiger partial charge in [0, 0.05) is 35.1 Å². The number of hydrogen-bond donors (Lipinski definition) is 1. The summed E-state index contributed by atoms with van der Waals surface area (Å²) in [6.45, 7) is 5.41. The van der Waals surface area contributed by atoms with Crippen LogP contribution in [0.2, 0.25) is 5.02 Å². The molecule has 4 heteroatoms. The molecule has 19 heavy (non-hydrogen) atoms. The van der Waals surface area contributed by atoms with Crippen LogP contribution in [-0.4, -0.2) is 10.6 Å². The summed E-state index contributed by atoms with van der Waals surface area (Å²) in [6.07, 6.45) is 1.94. The number of nitrogens with zero attached hydrogens (tertiary/aromatic N) is 1. The molecule has 0 saturated heterocycles. The second kappa shape index (κ2) is 6.22. The van der Waals surface area contributed by atoms with Crippen molar-refractivity contribution in [1.29, 1.82) is 0 Å². The van der Waals surface area contributed by atoms with Gasteiger partial charge in [0.2, 0.25) is 0 Å². The van der Waals surface area contributed by atoms with Crippen molar-refractivity contribution < 1.29 is 4.39 Å². The molecule has 2 aromatic rings. The molecule has 1 heterocycles. The van der Waals surface area contributed by atoms with E-state index in [1.165, 1.54) is 6.07 Å². The van der Waals surface area contributed by atoms with E-state index in [1.54, 1.807) is 12.1 Å². The molecule has 1 N–H and O–H groups in total. The number of nitrogens with one attached hydrogen (secondary N) is 1. The van der Waals surface area contributed by atoms with Gasteiger partial charge in [-0.05, 0) is 24.3 Å². The third-order valence-corrected chi connectivity index (χ3v) is 3.36. The van der Waals surface area contributed by atoms with E-state index in [0.717, 1.165) is 12.2 Å². The van der Waals surface area contributed by atoms with Crippen LogP contribution in [0.25, 0.3) is 0 Å². The van der Waals surface area contributed by atoms with Gasteiger partial charge in [0.1, 0.15) is 5.82 Å². The lowest BCUT2D eigenvalue weighted by atomic mass is 10.2. The predicted octanol–water partition coefficient (Wildman–Crippen LogP) is 3.83. The molecule has 0 atom stereocenters. The van der Waals surface area contributed by atoms with E-state index in [1.807, 2.05) is 22.9 Å². The fourth-order valence-electron chi connectivity index (χ4n) is 1.93. The highest BCUT2D eigenvalue weighted by atomic mass is 35.5. The quantitative estimate of drug-likeness (QED) is 0.881. The molecule has 0 fully saturated rings. The van der Waals surface area contributed by atoms with Gasteiger partial charge in [-0.3, -0.25) is 0 Å². The summed E-state index contributed by atoms with van der Waals surface area (Å²) < 4.78 is 15.8. The van der Waals surface area contributed by atoms with Gasteiger partial charge in [-0.2, -0.15) is 0 Å². The largest absolute Gasteiger partial charge is 0.346 e. The Morgan fingerprint density at radius 2 is 2.05 bits per heavy atom. The van der Waals surface area contributed by atoms with E-state index < -0.39 is 0 Å². The molecular weight excluding hydrogens is 263 g/mol. The van der Waals surface area contributed by atoms with E-state index >= 15 is 0 Å². The molecule has 0 aliphatic rings. The Labute approximate surface area is 118 Å². The molecule has 0 unspecified atom stereocenters. The number of halogens is 2. The Kier molecular flexibility index (Phi) is 4.61. The fraction of sp³-hybridized carbons (Fsp3) is 0.333. The van der Waals surface area contributed by atoms with E-state index in [-0.39, 0.29) is 5.82 Å². The molecule has 1 aromatic carbocycles. The standard InChI is InChI=1S/C15H18ClFN2/c1-11(2)18-9-12-5-4-8-19(12)10-13-14(16)6-3-7-15(13)17/h3-8,11,18H,9-10H2,1-2H3. The minimum atomic E-state index is -0.260. The molecule has 0 amide bonds. The average Bonchev–Trinajstić information content (AvgIpc) is 2.79. The van der Waals surface area contributed by atoms with Gasteiger partial charge in [-0.25, -0.2) is 4.39 Å². The van der Waals surface area contributed by atoms with Crippen molar-refractivity contribution in [2.24, 2.45) is 0 Å². The molecule has 2 nitrogen and oxygen atoms in total. The first-order valence-corrected chi connectivity index (χ1v) is 6.76. The monoisotopic (exact) mass is 280 g/mol. The van der Waals surface area contributed by atoms with Crippen molar-refractivity contribution in [2.45, 2.75) is 33.0 Å². The third-order valence-electron chi connectivity index (χ3n) is 3.01. The molecule has 0 aliphatic heterocycles. The SMILES string of the molecule is CC(C)NCc1cccn1Cc1c(F)cccc1Cl. The van der Waals surface area contributed by atoms with Gasteiger partial charge >= 0.3 is 0 Å². The van der Waals surface area contributed by atoms with Crippen molar-refractivity contribution in [2.75, 3.05) is 0 Å². The molecule has 1 aromatic heterocycles. The summed E-state index contributed by atoms with van der Waals surface area (Å²) in [5.41, 5.74) is 1.65. The summed E-state index contributed by atoms with van der Waals surface area (Å²) >= 11 is 6.06. The molecule has 0 radical (unpaired) electrons. The van der Waals surface area contributed by atoms with Crippen LogP contribution in [0, 0.1) is 5.82 Å². The van der Waals surface area contributed by atoms with Crippen LogP contribution in [-0.2, 0) is 13.1 Å². The first-order valence-electron chi connectivity index (χ1n) is 6.38. The van der Waals surface area contributed by atoms with Gasteiger partial charge in [-0.15, -0.1) is 0 Å². The molecule has 0 saturated carbocycles. The van der Waals surface area contributed by atoms with Crippen LogP contribution >= 0.6 is 11.6 Å². The van der Waals surface area contributed by atoms with Gasteiger partial charge in [-0.1, -0.05) is 31.5 Å². The zero-order valence-corrected chi connectivity index (χ0v) is 11.9. The fourth-order valence-corrected chi connectivity index (χ4v) is 2.15. The lowest BCUT2D eigenvalue weighted by molar-refractivity contribution is 0.556. The summed E-state index contributed by atoms with van der Waals surface area (Å²) in [4.78, 5) is 0. The highest BCUT2D eigenvalue weighted by molar-refractivity contribution is 6.31. The first kappa shape index (κ1) is 14.1. The number of rotatable bonds is 5. The third kappa shape index (κ3) is 3.58. The normalized spacial score (nSPS) is 11.2. The minimum absolute atomic E-state index is 0.260. The Bertz CT molecular complexity index is 529. The zero-order chi connectivity index (χ0) is 13.8. The molecule has 0 spiro atoms. The summed E-state index contributed by atoms with van der Waals surface area (Å²) in [7, 11) is 0. The van der Waals surface area contributed by atoms with Crippen LogP contribution in [0.3, 0.4) is 0 Å². The topological polar surface area (TPSA) is 17.0 Å². The van der Waals surface area contributed by atoms with Crippen LogP contribution < -0.4 is 5.32 Å². The lowest BCUT2D eigenvalue weighted by Gasteiger charge is -2.13. The van der Waals surface area contributed by atoms with Gasteiger partial charge in [0.05, 0.1) is 6.54 Å². The van der Waals surface area contributed by atoms with Crippen LogP contribution in [0.15, 0.2) is 36.5 Å². The van der Waals surface area contributed by atoms with E-state index in [9.17, 15) is 4.39 Å². The van der Waals surface area contributed by atoms with Crippen molar-refractivity contribution in [1.82, 2.24) is 9.88 Å². The van der Waals surface area contributed by atoms with Gasteiger partial charge < -0.3 is 9.88 Å². The van der Waals surface area contributed by atoms with Crippen LogP contribution in [0.1, 0.15) is 25.1 Å². The Hall–Kier alpha value is -1.32. The number of benzene rings is 1. The van der Waals surface area contributed by atoms with Gasteiger partial charge in [0.25, 0.3) is 0 Å². The maximum atomic E-state index is 13.8. The maximum Gasteiger partial charge on any atom is 0.129 e. The first-order chi connectivity index (χ1) is 9.08. The second-order valence-electron chi connectivity index (χ2n) is 4.86. The highest BCUT2D eigenvalue weighted by Crippen LogP contribution is 2.20. The Morgan fingerprint density at radius 1 is 1.26 bits per heavy atom. The number of hydrogen-bond acceptors (Lipinski definition) is 1. The zero-order valence-electron chi connectivity index (χ0n) is 11.2. The average molecular weight is 281 g/mol. The molecule has 0 bridgehead atoms. The van der Waals surface area contributed by atoms with Crippen molar-refractivity contribution >= 4 is 11.6 Å². The summed E-state index contributed by atoms with van der Waals surface area (Å²) in [6, 6.07) is 9.20. The maximum absolute atomic E-state index is 13.8. The van der Waals surface area contributed by atoms with E-state index in [4.69, 9.17) is 11.6 Å². The van der Waals surface area contributed by atoms with Crippen LogP contribution in [0.4, 0.5) is 4.39 Å². The van der Waals surface area contributed by atoms with E-state index in [2.05, 4.69) is 19.2 Å². The predicted molar refractivity (Wildman–Crippen MR) is 76.9 cm³/mol. The second-order valence-corrected chi connectivity index (χ2v) is 5.27. The molecule has 2 rings (SSSR count). The van der Waals surface area contributed by atoms with Crippen molar-refractivity contribution in [3.63, 3.8) is 0 Å². The van der Waals surface area contributed by atoms with Crippen LogP contribution in [0.5, 0.6) is 0 Å². The van der Waals surface area contributed by atoms with Crippen molar-refractivity contribution in [3.8, 4) is 0 Å². The Balaban J connectivity index is 2.17. The molecule has 102 valence electrons. The number of aromatic nitrogens is 1. The summed E-state index contributed by atoms with van der Waals surface area (Å²) in [5, 5.41) is 3.82.